The average molecular weight is 463 g/mol. The molecule has 0 amide bonds. The van der Waals surface area contributed by atoms with Gasteiger partial charge >= 0.3 is 5.97 Å². The molecule has 0 aliphatic carbocycles. The van der Waals surface area contributed by atoms with Crippen LogP contribution in [0.2, 0.25) is 0 Å². The van der Waals surface area contributed by atoms with Gasteiger partial charge in [-0.2, -0.15) is 0 Å². The molecule has 0 radical (unpaired) electrons. The molecule has 0 spiro atoms. The number of benzene rings is 2. The lowest BCUT2D eigenvalue weighted by molar-refractivity contribution is -0.138. The summed E-state index contributed by atoms with van der Waals surface area (Å²) < 4.78 is 6.33. The molecule has 0 saturated carbocycles. The number of rotatable bonds is 4. The first-order valence-corrected chi connectivity index (χ1v) is 11.9. The lowest BCUT2D eigenvalue weighted by atomic mass is 9.77. The molecular weight excluding hydrogens is 424 g/mol. The number of aromatic hydroxyl groups is 1. The molecule has 3 rings (SSSR count). The van der Waals surface area contributed by atoms with Crippen LogP contribution in [-0.2, 0) is 9.53 Å². The van der Waals surface area contributed by atoms with Gasteiger partial charge < -0.3 is 14.9 Å². The van der Waals surface area contributed by atoms with Crippen molar-refractivity contribution < 1.29 is 19.7 Å². The van der Waals surface area contributed by atoms with Crippen molar-refractivity contribution in [2.75, 3.05) is 0 Å². The third-order valence-electron chi connectivity index (χ3n) is 6.25. The molecule has 2 aromatic carbocycles. The molecule has 1 saturated heterocycles. The van der Waals surface area contributed by atoms with E-state index in [4.69, 9.17) is 4.74 Å². The second kappa shape index (κ2) is 9.07. The SMILES string of the molecule is CC(C(=O)O)=C(c1ccc(C(=C2CC(C)(C)OC(C)(C)C2)c2ccc(O)cc2)cc1)C(C)(C)C. The van der Waals surface area contributed by atoms with Crippen LogP contribution < -0.4 is 0 Å². The molecule has 1 heterocycles. The molecule has 1 fully saturated rings. The summed E-state index contributed by atoms with van der Waals surface area (Å²) in [6.45, 7) is 16.3. The summed E-state index contributed by atoms with van der Waals surface area (Å²) in [5.41, 5.74) is 5.79. The van der Waals surface area contributed by atoms with Crippen LogP contribution in [0.15, 0.2) is 59.7 Å². The van der Waals surface area contributed by atoms with E-state index in [1.165, 1.54) is 5.57 Å². The van der Waals surface area contributed by atoms with Crippen LogP contribution in [0.4, 0.5) is 0 Å². The van der Waals surface area contributed by atoms with Gasteiger partial charge in [0.2, 0.25) is 0 Å². The van der Waals surface area contributed by atoms with Crippen molar-refractivity contribution in [3.8, 4) is 5.75 Å². The molecule has 2 aromatic rings. The van der Waals surface area contributed by atoms with Crippen molar-refractivity contribution in [1.82, 2.24) is 0 Å². The molecule has 4 heteroatoms. The van der Waals surface area contributed by atoms with Crippen molar-refractivity contribution in [1.29, 1.82) is 0 Å². The average Bonchev–Trinajstić information content (AvgIpc) is 2.67. The van der Waals surface area contributed by atoms with Crippen LogP contribution in [0.1, 0.15) is 84.9 Å². The lowest BCUT2D eigenvalue weighted by Crippen LogP contribution is -2.42. The highest BCUT2D eigenvalue weighted by Crippen LogP contribution is 2.44. The molecule has 0 bridgehead atoms. The molecule has 2 N–H and O–H groups in total. The molecule has 4 nitrogen and oxygen atoms in total. The minimum atomic E-state index is -0.896. The number of hydrogen-bond acceptors (Lipinski definition) is 3. The Morgan fingerprint density at radius 3 is 1.65 bits per heavy atom. The van der Waals surface area contributed by atoms with Gasteiger partial charge in [-0.3, -0.25) is 0 Å². The van der Waals surface area contributed by atoms with Gasteiger partial charge in [0.1, 0.15) is 5.75 Å². The van der Waals surface area contributed by atoms with Gasteiger partial charge in [0.05, 0.1) is 11.2 Å². The van der Waals surface area contributed by atoms with E-state index in [2.05, 4.69) is 39.8 Å². The van der Waals surface area contributed by atoms with E-state index in [1.807, 2.05) is 45.0 Å². The summed E-state index contributed by atoms with van der Waals surface area (Å²) in [5, 5.41) is 19.5. The Kier molecular flexibility index (Phi) is 6.87. The highest BCUT2D eigenvalue weighted by atomic mass is 16.5. The fourth-order valence-electron chi connectivity index (χ4n) is 5.41. The van der Waals surface area contributed by atoms with E-state index in [0.717, 1.165) is 40.7 Å². The van der Waals surface area contributed by atoms with Crippen LogP contribution in [0.3, 0.4) is 0 Å². The zero-order chi connectivity index (χ0) is 25.5. The summed E-state index contributed by atoms with van der Waals surface area (Å²) in [6, 6.07) is 15.6. The van der Waals surface area contributed by atoms with E-state index in [-0.39, 0.29) is 22.4 Å². The van der Waals surface area contributed by atoms with Gasteiger partial charge in [-0.25, -0.2) is 4.79 Å². The number of carboxylic acids is 1. The number of ether oxygens (including phenoxy) is 1. The Morgan fingerprint density at radius 2 is 1.24 bits per heavy atom. The monoisotopic (exact) mass is 462 g/mol. The van der Waals surface area contributed by atoms with E-state index in [1.54, 1.807) is 19.1 Å². The third-order valence-corrected chi connectivity index (χ3v) is 6.25. The van der Waals surface area contributed by atoms with Gasteiger partial charge in [0, 0.05) is 5.57 Å². The van der Waals surface area contributed by atoms with Crippen molar-refractivity contribution in [2.45, 2.75) is 79.4 Å². The standard InChI is InChI=1S/C30H38O4/c1-19(27(32)33)26(28(2,3)4)22-11-9-20(10-12-22)25(21-13-15-24(31)16-14-21)23-17-29(5,6)34-30(7,8)18-23/h9-16,31H,17-18H2,1-8H3,(H,32,33). The number of hydrogen-bond donors (Lipinski definition) is 2. The Morgan fingerprint density at radius 1 is 0.824 bits per heavy atom. The molecule has 1 aliphatic rings. The topological polar surface area (TPSA) is 66.8 Å². The van der Waals surface area contributed by atoms with Crippen LogP contribution in [0.25, 0.3) is 11.1 Å². The number of carbonyl (C=O) groups is 1. The zero-order valence-electron chi connectivity index (χ0n) is 21.7. The lowest BCUT2D eigenvalue weighted by Gasteiger charge is -2.43. The maximum Gasteiger partial charge on any atom is 0.331 e. The number of phenolic OH excluding ortho intramolecular Hbond substituents is 1. The number of phenols is 1. The van der Waals surface area contributed by atoms with Gasteiger partial charge in [0.15, 0.2) is 0 Å². The fourth-order valence-corrected chi connectivity index (χ4v) is 5.41. The van der Waals surface area contributed by atoms with E-state index in [0.29, 0.717) is 5.57 Å². The molecule has 34 heavy (non-hydrogen) atoms. The normalized spacial score (nSPS) is 18.3. The minimum Gasteiger partial charge on any atom is -0.508 e. The Hall–Kier alpha value is -2.85. The number of carboxylic acid groups (broad SMARTS) is 1. The second-order valence-corrected chi connectivity index (χ2v) is 11.6. The summed E-state index contributed by atoms with van der Waals surface area (Å²) in [5.74, 6) is -0.659. The summed E-state index contributed by atoms with van der Waals surface area (Å²) in [7, 11) is 0. The molecule has 182 valence electrons. The quantitative estimate of drug-likeness (QED) is 0.463. The smallest absolute Gasteiger partial charge is 0.331 e. The van der Waals surface area contributed by atoms with Crippen LogP contribution in [0, 0.1) is 5.41 Å². The molecule has 0 aromatic heterocycles. The van der Waals surface area contributed by atoms with Crippen LogP contribution >= 0.6 is 0 Å². The second-order valence-electron chi connectivity index (χ2n) is 11.6. The van der Waals surface area contributed by atoms with Gasteiger partial charge in [-0.15, -0.1) is 0 Å². The third kappa shape index (κ3) is 5.79. The highest BCUT2D eigenvalue weighted by Gasteiger charge is 2.38. The van der Waals surface area contributed by atoms with Gasteiger partial charge in [-0.05, 0) is 92.8 Å². The van der Waals surface area contributed by atoms with Crippen molar-refractivity contribution in [3.05, 3.63) is 76.4 Å². The molecular formula is C30H38O4. The van der Waals surface area contributed by atoms with Crippen molar-refractivity contribution >= 4 is 17.1 Å². The first kappa shape index (κ1) is 25.8. The molecule has 0 unspecified atom stereocenters. The Balaban J connectivity index is 2.20. The maximum absolute atomic E-state index is 11.8. The molecule has 0 atom stereocenters. The predicted molar refractivity (Wildman–Crippen MR) is 139 cm³/mol. The minimum absolute atomic E-state index is 0.236. The van der Waals surface area contributed by atoms with Crippen molar-refractivity contribution in [3.63, 3.8) is 0 Å². The summed E-state index contributed by atoms with van der Waals surface area (Å²) in [6.07, 6.45) is 1.61. The first-order valence-electron chi connectivity index (χ1n) is 11.9. The van der Waals surface area contributed by atoms with Crippen molar-refractivity contribution in [2.24, 2.45) is 5.41 Å². The molecule has 1 aliphatic heterocycles. The van der Waals surface area contributed by atoms with Crippen LogP contribution in [-0.4, -0.2) is 27.4 Å². The fraction of sp³-hybridized carbons (Fsp3) is 0.433. The Bertz CT molecular complexity index is 1100. The maximum atomic E-state index is 11.8. The predicted octanol–water partition coefficient (Wildman–Crippen LogP) is 7.47. The number of allylic oxidation sites excluding steroid dienone is 1. The van der Waals surface area contributed by atoms with E-state index < -0.39 is 5.97 Å². The highest BCUT2D eigenvalue weighted by molar-refractivity contribution is 5.97. The van der Waals surface area contributed by atoms with E-state index in [9.17, 15) is 15.0 Å². The largest absolute Gasteiger partial charge is 0.508 e. The van der Waals surface area contributed by atoms with E-state index >= 15 is 0 Å². The first-order chi connectivity index (χ1) is 15.6. The summed E-state index contributed by atoms with van der Waals surface area (Å²) in [4.78, 5) is 11.8. The number of aliphatic carboxylic acids is 1. The van der Waals surface area contributed by atoms with Gasteiger partial charge in [-0.1, -0.05) is 62.7 Å². The van der Waals surface area contributed by atoms with Crippen LogP contribution in [0.5, 0.6) is 5.75 Å². The summed E-state index contributed by atoms with van der Waals surface area (Å²) >= 11 is 0. The van der Waals surface area contributed by atoms with Gasteiger partial charge in [0.25, 0.3) is 0 Å². The zero-order valence-corrected chi connectivity index (χ0v) is 21.7. The Labute approximate surface area is 204 Å².